The van der Waals surface area contributed by atoms with Crippen LogP contribution in [0.25, 0.3) is 11.3 Å². The number of nitrogens with zero attached hydrogens (tertiary/aromatic N) is 1. The fourth-order valence-electron chi connectivity index (χ4n) is 1.28. The van der Waals surface area contributed by atoms with E-state index in [1.54, 1.807) is 30.3 Å². The van der Waals surface area contributed by atoms with E-state index in [2.05, 4.69) is 10.5 Å². The van der Waals surface area contributed by atoms with E-state index in [1.807, 2.05) is 0 Å². The molecule has 0 bridgehead atoms. The summed E-state index contributed by atoms with van der Waals surface area (Å²) in [5.74, 6) is 0. The monoisotopic (exact) mass is 204 g/mol. The number of para-hydroxylation sites is 1. The Hall–Kier alpha value is -2.30. The van der Waals surface area contributed by atoms with Crippen LogP contribution in [0.5, 0.6) is 0 Å². The van der Waals surface area contributed by atoms with Gasteiger partial charge in [0.1, 0.15) is 12.0 Å². The highest BCUT2D eigenvalue weighted by Crippen LogP contribution is 2.25. The van der Waals surface area contributed by atoms with Crippen molar-refractivity contribution in [3.63, 3.8) is 0 Å². The molecule has 76 valence electrons. The lowest BCUT2D eigenvalue weighted by Crippen LogP contribution is -2.08. The number of benzene rings is 1. The van der Waals surface area contributed by atoms with Crippen LogP contribution in [-0.4, -0.2) is 16.4 Å². The van der Waals surface area contributed by atoms with Crippen molar-refractivity contribution in [1.29, 1.82) is 0 Å². The first-order valence-corrected chi connectivity index (χ1v) is 4.27. The van der Waals surface area contributed by atoms with Gasteiger partial charge >= 0.3 is 6.09 Å². The highest BCUT2D eigenvalue weighted by Gasteiger charge is 2.08. The summed E-state index contributed by atoms with van der Waals surface area (Å²) in [6.45, 7) is 0. The van der Waals surface area contributed by atoms with E-state index in [9.17, 15) is 4.79 Å². The summed E-state index contributed by atoms with van der Waals surface area (Å²) in [5, 5.41) is 14.7. The molecule has 5 heteroatoms. The first kappa shape index (κ1) is 9.26. The second-order valence-electron chi connectivity index (χ2n) is 2.86. The Balaban J connectivity index is 2.42. The molecule has 2 aromatic rings. The van der Waals surface area contributed by atoms with Gasteiger partial charge in [-0.15, -0.1) is 0 Å². The molecule has 15 heavy (non-hydrogen) atoms. The van der Waals surface area contributed by atoms with Crippen LogP contribution in [0, 0.1) is 0 Å². The third kappa shape index (κ3) is 1.96. The Kier molecular flexibility index (Phi) is 2.37. The fraction of sp³-hybridized carbons (Fsp3) is 0. The minimum absolute atomic E-state index is 0.485. The van der Waals surface area contributed by atoms with E-state index < -0.39 is 6.09 Å². The zero-order valence-electron chi connectivity index (χ0n) is 7.68. The van der Waals surface area contributed by atoms with Crippen molar-refractivity contribution in [3.8, 4) is 11.3 Å². The fourth-order valence-corrected chi connectivity index (χ4v) is 1.28. The molecule has 1 heterocycles. The van der Waals surface area contributed by atoms with Crippen LogP contribution in [-0.2, 0) is 0 Å². The molecular weight excluding hydrogens is 196 g/mol. The Labute approximate surface area is 85.3 Å². The van der Waals surface area contributed by atoms with Gasteiger partial charge in [-0.3, -0.25) is 5.32 Å². The zero-order chi connectivity index (χ0) is 10.7. The number of amides is 1. The number of nitrogens with one attached hydrogen (secondary N) is 1. The van der Waals surface area contributed by atoms with Crippen LogP contribution in [0.2, 0.25) is 0 Å². The first-order chi connectivity index (χ1) is 7.27. The van der Waals surface area contributed by atoms with Crippen LogP contribution >= 0.6 is 0 Å². The molecule has 2 rings (SSSR count). The van der Waals surface area contributed by atoms with Crippen LogP contribution in [0.4, 0.5) is 10.5 Å². The van der Waals surface area contributed by atoms with E-state index in [4.69, 9.17) is 9.63 Å². The standard InChI is InChI=1S/C10H8N2O3/c13-10(14)11-8-4-2-1-3-7(8)9-5-6-15-12-9/h1-6,11H,(H,13,14). The number of carboxylic acid groups (broad SMARTS) is 1. The molecule has 5 nitrogen and oxygen atoms in total. The van der Waals surface area contributed by atoms with Gasteiger partial charge in [0, 0.05) is 11.6 Å². The van der Waals surface area contributed by atoms with E-state index in [0.29, 0.717) is 16.9 Å². The highest BCUT2D eigenvalue weighted by molar-refractivity contribution is 5.89. The molecule has 0 fully saturated rings. The SMILES string of the molecule is O=C(O)Nc1ccccc1-c1ccon1. The third-order valence-electron chi connectivity index (χ3n) is 1.88. The van der Waals surface area contributed by atoms with Gasteiger partial charge in [-0.25, -0.2) is 4.79 Å². The Morgan fingerprint density at radius 3 is 2.80 bits per heavy atom. The molecule has 0 saturated heterocycles. The maximum absolute atomic E-state index is 10.5. The molecule has 1 aromatic heterocycles. The molecule has 0 aliphatic heterocycles. The topological polar surface area (TPSA) is 75.4 Å². The second-order valence-corrected chi connectivity index (χ2v) is 2.86. The molecule has 0 aliphatic rings. The highest BCUT2D eigenvalue weighted by atomic mass is 16.5. The summed E-state index contributed by atoms with van der Waals surface area (Å²) in [4.78, 5) is 10.5. The van der Waals surface area contributed by atoms with Crippen molar-refractivity contribution in [2.45, 2.75) is 0 Å². The number of hydrogen-bond acceptors (Lipinski definition) is 3. The van der Waals surface area contributed by atoms with Gasteiger partial charge in [-0.1, -0.05) is 23.4 Å². The number of aromatic nitrogens is 1. The maximum atomic E-state index is 10.5. The average molecular weight is 204 g/mol. The largest absolute Gasteiger partial charge is 0.465 e. The smallest absolute Gasteiger partial charge is 0.409 e. The van der Waals surface area contributed by atoms with Gasteiger partial charge in [-0.05, 0) is 6.07 Å². The second kappa shape index (κ2) is 3.83. The maximum Gasteiger partial charge on any atom is 0.409 e. The predicted molar refractivity (Wildman–Crippen MR) is 53.6 cm³/mol. The molecule has 0 radical (unpaired) electrons. The van der Waals surface area contributed by atoms with Crippen LogP contribution in [0.1, 0.15) is 0 Å². The zero-order valence-corrected chi connectivity index (χ0v) is 7.68. The third-order valence-corrected chi connectivity index (χ3v) is 1.88. The lowest BCUT2D eigenvalue weighted by Gasteiger charge is -2.05. The number of anilines is 1. The van der Waals surface area contributed by atoms with E-state index >= 15 is 0 Å². The van der Waals surface area contributed by atoms with Crippen molar-refractivity contribution >= 4 is 11.8 Å². The summed E-state index contributed by atoms with van der Waals surface area (Å²) in [7, 11) is 0. The summed E-state index contributed by atoms with van der Waals surface area (Å²) in [6, 6.07) is 8.65. The lowest BCUT2D eigenvalue weighted by atomic mass is 10.1. The van der Waals surface area contributed by atoms with Crippen molar-refractivity contribution in [1.82, 2.24) is 5.16 Å². The molecule has 2 N–H and O–H groups in total. The van der Waals surface area contributed by atoms with Gasteiger partial charge in [-0.2, -0.15) is 0 Å². The molecule has 0 saturated carbocycles. The Morgan fingerprint density at radius 1 is 1.33 bits per heavy atom. The van der Waals surface area contributed by atoms with E-state index in [-0.39, 0.29) is 0 Å². The van der Waals surface area contributed by atoms with Crippen molar-refractivity contribution in [2.24, 2.45) is 0 Å². The van der Waals surface area contributed by atoms with Crippen LogP contribution < -0.4 is 5.32 Å². The summed E-state index contributed by atoms with van der Waals surface area (Å²) >= 11 is 0. The van der Waals surface area contributed by atoms with Crippen LogP contribution in [0.3, 0.4) is 0 Å². The van der Waals surface area contributed by atoms with E-state index in [1.165, 1.54) is 6.26 Å². The van der Waals surface area contributed by atoms with Gasteiger partial charge in [0.15, 0.2) is 0 Å². The number of rotatable bonds is 2. The lowest BCUT2D eigenvalue weighted by molar-refractivity contribution is 0.210. The summed E-state index contributed by atoms with van der Waals surface area (Å²) < 4.78 is 4.70. The predicted octanol–water partition coefficient (Wildman–Crippen LogP) is 2.43. The van der Waals surface area contributed by atoms with Crippen molar-refractivity contribution in [2.75, 3.05) is 5.32 Å². The molecule has 0 unspecified atom stereocenters. The Bertz CT molecular complexity index is 465. The van der Waals surface area contributed by atoms with Gasteiger partial charge in [0.25, 0.3) is 0 Å². The van der Waals surface area contributed by atoms with Crippen molar-refractivity contribution in [3.05, 3.63) is 36.6 Å². The molecule has 1 aromatic carbocycles. The first-order valence-electron chi connectivity index (χ1n) is 4.27. The molecular formula is C10H8N2O3. The molecule has 0 atom stereocenters. The molecule has 0 aliphatic carbocycles. The summed E-state index contributed by atoms with van der Waals surface area (Å²) in [5.41, 5.74) is 1.77. The minimum Gasteiger partial charge on any atom is -0.465 e. The molecule has 1 amide bonds. The number of hydrogen-bond donors (Lipinski definition) is 2. The minimum atomic E-state index is -1.11. The van der Waals surface area contributed by atoms with E-state index in [0.717, 1.165) is 0 Å². The number of carbonyl (C=O) groups is 1. The normalized spacial score (nSPS) is 9.87. The van der Waals surface area contributed by atoms with Gasteiger partial charge < -0.3 is 9.63 Å². The van der Waals surface area contributed by atoms with Crippen LogP contribution in [0.15, 0.2) is 41.1 Å². The summed E-state index contributed by atoms with van der Waals surface area (Å²) in [6.07, 6.45) is 0.332. The quantitative estimate of drug-likeness (QED) is 0.787. The average Bonchev–Trinajstić information content (AvgIpc) is 2.70. The molecule has 0 spiro atoms. The van der Waals surface area contributed by atoms with Gasteiger partial charge in [0.2, 0.25) is 0 Å². The van der Waals surface area contributed by atoms with Gasteiger partial charge in [0.05, 0.1) is 5.69 Å². The van der Waals surface area contributed by atoms with Crippen molar-refractivity contribution < 1.29 is 14.4 Å². The Morgan fingerprint density at radius 2 is 2.13 bits per heavy atom.